The van der Waals surface area contributed by atoms with E-state index in [0.29, 0.717) is 21.6 Å². The van der Waals surface area contributed by atoms with Crippen LogP contribution in [0.1, 0.15) is 46.0 Å². The number of hydrogen-bond acceptors (Lipinski definition) is 6. The number of unbranched alkanes of at least 4 members (excludes halogenated alkanes) is 1. The molecule has 0 spiro atoms. The van der Waals surface area contributed by atoms with Gasteiger partial charge in [0, 0.05) is 16.6 Å². The van der Waals surface area contributed by atoms with E-state index < -0.39 is 52.6 Å². The highest BCUT2D eigenvalue weighted by Crippen LogP contribution is 2.30. The first-order valence-electron chi connectivity index (χ1n) is 9.49. The maximum absolute atomic E-state index is 12.9. The van der Waals surface area contributed by atoms with E-state index in [2.05, 4.69) is 5.32 Å². The average Bonchev–Trinajstić information content (AvgIpc) is 2.71. The van der Waals surface area contributed by atoms with Crippen molar-refractivity contribution in [2.24, 2.45) is 0 Å². The highest BCUT2D eigenvalue weighted by molar-refractivity contribution is 6.35. The van der Waals surface area contributed by atoms with Gasteiger partial charge in [-0.25, -0.2) is 0 Å². The summed E-state index contributed by atoms with van der Waals surface area (Å²) in [7, 11) is 0. The van der Waals surface area contributed by atoms with Crippen molar-refractivity contribution in [2.75, 3.05) is 13.1 Å². The van der Waals surface area contributed by atoms with Gasteiger partial charge in [-0.1, -0.05) is 42.6 Å². The molecule has 12 heteroatoms. The Morgan fingerprint density at radius 1 is 1.06 bits per heavy atom. The number of carboxylic acid groups (broad SMARTS) is 1. The molecule has 5 N–H and O–H groups in total. The molecular weight excluding hydrogens is 465 g/mol. The zero-order chi connectivity index (χ0) is 24.0. The fraction of sp³-hybridized carbons (Fsp3) is 0.300. The van der Waals surface area contributed by atoms with Crippen molar-refractivity contribution in [1.82, 2.24) is 15.2 Å². The number of pyridine rings is 1. The molecule has 0 saturated heterocycles. The number of benzene rings is 1. The molecular formula is C20H21Cl2N3O7. The van der Waals surface area contributed by atoms with Crippen molar-refractivity contribution in [3.63, 3.8) is 0 Å². The van der Waals surface area contributed by atoms with Crippen LogP contribution in [0.2, 0.25) is 10.0 Å². The monoisotopic (exact) mass is 485 g/mol. The summed E-state index contributed by atoms with van der Waals surface area (Å²) in [6.07, 6.45) is 1.37. The lowest BCUT2D eigenvalue weighted by molar-refractivity contribution is -0.135. The van der Waals surface area contributed by atoms with E-state index in [1.807, 2.05) is 12.2 Å². The van der Waals surface area contributed by atoms with Crippen LogP contribution in [0.5, 0.6) is 11.6 Å². The Morgan fingerprint density at radius 2 is 1.72 bits per heavy atom. The number of nitrogens with zero attached hydrogens (tertiary/aromatic N) is 1. The molecule has 0 aliphatic heterocycles. The van der Waals surface area contributed by atoms with E-state index in [1.165, 1.54) is 18.2 Å². The number of carbonyl (C=O) groups is 3. The quantitative estimate of drug-likeness (QED) is 0.339. The van der Waals surface area contributed by atoms with E-state index in [1.54, 1.807) is 0 Å². The maximum atomic E-state index is 12.9. The van der Waals surface area contributed by atoms with Crippen LogP contribution >= 0.6 is 23.2 Å². The van der Waals surface area contributed by atoms with Gasteiger partial charge in [0.25, 0.3) is 17.4 Å². The summed E-state index contributed by atoms with van der Waals surface area (Å²) in [6, 6.07) is 4.37. The Bertz CT molecular complexity index is 1120. The van der Waals surface area contributed by atoms with Crippen LogP contribution in [-0.2, 0) is 11.3 Å². The van der Waals surface area contributed by atoms with Gasteiger partial charge >= 0.3 is 5.97 Å². The molecule has 0 saturated carbocycles. The molecule has 2 amide bonds. The van der Waals surface area contributed by atoms with Crippen LogP contribution in [0, 0.1) is 0 Å². The van der Waals surface area contributed by atoms with Crippen LogP contribution in [-0.4, -0.2) is 50.8 Å². The van der Waals surface area contributed by atoms with E-state index in [9.17, 15) is 29.4 Å². The second-order valence-corrected chi connectivity index (χ2v) is 7.58. The van der Waals surface area contributed by atoms with Crippen molar-refractivity contribution in [3.05, 3.63) is 55.3 Å². The van der Waals surface area contributed by atoms with Gasteiger partial charge in [-0.2, -0.15) is 0 Å². The Hall–Kier alpha value is -3.24. The molecule has 1 aromatic carbocycles. The Morgan fingerprint density at radius 3 is 2.31 bits per heavy atom. The first kappa shape index (κ1) is 25.0. The van der Waals surface area contributed by atoms with Crippen LogP contribution in [0.3, 0.4) is 0 Å². The molecule has 0 atom stereocenters. The minimum atomic E-state index is -1.39. The predicted molar refractivity (Wildman–Crippen MR) is 117 cm³/mol. The lowest BCUT2D eigenvalue weighted by atomic mass is 10.1. The number of halogens is 2. The second-order valence-electron chi connectivity index (χ2n) is 6.74. The lowest BCUT2D eigenvalue weighted by Crippen LogP contribution is -2.37. The summed E-state index contributed by atoms with van der Waals surface area (Å²) in [6.45, 7) is 0.911. The van der Waals surface area contributed by atoms with Gasteiger partial charge in [-0.3, -0.25) is 23.7 Å². The number of nitrogens with one attached hydrogen (secondary N) is 2. The topological polar surface area (TPSA) is 158 Å². The van der Waals surface area contributed by atoms with Crippen molar-refractivity contribution in [1.29, 1.82) is 0 Å². The standard InChI is InChI=1S/C20H21Cl2N3O7/c1-2-3-6-23-17(29)14-16(28)15(18(30)24-8-13(26)27)20(32)25(19(14)31)9-10-4-5-11(21)7-12(10)22/h4-5,7,28,31H,2-3,6,8-9H2,1H3,(H,23,29)(H,24,30)(H,26,27). The number of hydrogen-bond donors (Lipinski definition) is 5. The highest BCUT2D eigenvalue weighted by Gasteiger charge is 2.30. The van der Waals surface area contributed by atoms with Crippen molar-refractivity contribution in [3.8, 4) is 11.6 Å². The van der Waals surface area contributed by atoms with Crippen molar-refractivity contribution < 1.29 is 29.7 Å². The Kier molecular flexibility index (Phi) is 8.50. The zero-order valence-corrected chi connectivity index (χ0v) is 18.5. The number of aromatic hydroxyl groups is 2. The second kappa shape index (κ2) is 10.9. The SMILES string of the molecule is CCCCNC(=O)c1c(O)c(C(=O)NCC(=O)O)c(=O)n(Cc2ccc(Cl)cc2Cl)c1O. The van der Waals surface area contributed by atoms with Crippen LogP contribution in [0.25, 0.3) is 0 Å². The van der Waals surface area contributed by atoms with Crippen LogP contribution < -0.4 is 16.2 Å². The molecule has 0 aliphatic rings. The summed E-state index contributed by atoms with van der Waals surface area (Å²) in [4.78, 5) is 48.8. The normalized spacial score (nSPS) is 10.6. The Balaban J connectivity index is 2.65. The molecule has 0 aliphatic carbocycles. The number of carbonyl (C=O) groups excluding carboxylic acids is 2. The number of rotatable bonds is 9. The molecule has 10 nitrogen and oxygen atoms in total. The van der Waals surface area contributed by atoms with Crippen LogP contribution in [0.15, 0.2) is 23.0 Å². The molecule has 32 heavy (non-hydrogen) atoms. The summed E-state index contributed by atoms with van der Waals surface area (Å²) >= 11 is 12.0. The largest absolute Gasteiger partial charge is 0.506 e. The van der Waals surface area contributed by atoms with Gasteiger partial charge in [-0.05, 0) is 24.1 Å². The third-order valence-corrected chi connectivity index (χ3v) is 5.01. The minimum absolute atomic E-state index is 0.155. The number of aliphatic carboxylic acids is 1. The summed E-state index contributed by atoms with van der Waals surface area (Å²) in [5.41, 5.74) is -2.42. The Labute approximate surface area is 192 Å². The fourth-order valence-corrected chi connectivity index (χ4v) is 3.26. The first-order valence-corrected chi connectivity index (χ1v) is 10.2. The van der Waals surface area contributed by atoms with Crippen LogP contribution in [0.4, 0.5) is 0 Å². The van der Waals surface area contributed by atoms with Gasteiger partial charge in [-0.15, -0.1) is 0 Å². The molecule has 0 fully saturated rings. The smallest absolute Gasteiger partial charge is 0.322 e. The fourth-order valence-electron chi connectivity index (χ4n) is 2.79. The lowest BCUT2D eigenvalue weighted by Gasteiger charge is -2.17. The number of aromatic nitrogens is 1. The molecule has 2 rings (SSSR count). The average molecular weight is 486 g/mol. The minimum Gasteiger partial charge on any atom is -0.506 e. The molecule has 0 unspecified atom stereocenters. The summed E-state index contributed by atoms with van der Waals surface area (Å²) in [5, 5.41) is 34.9. The third kappa shape index (κ3) is 5.71. The van der Waals surface area contributed by atoms with Crippen molar-refractivity contribution >= 4 is 41.0 Å². The van der Waals surface area contributed by atoms with Crippen molar-refractivity contribution in [2.45, 2.75) is 26.3 Å². The molecule has 1 heterocycles. The molecule has 1 aromatic heterocycles. The summed E-state index contributed by atoms with van der Waals surface area (Å²) in [5.74, 6) is -5.49. The predicted octanol–water partition coefficient (Wildman–Crippen LogP) is 1.96. The molecule has 0 bridgehead atoms. The molecule has 172 valence electrons. The van der Waals surface area contributed by atoms with E-state index in [-0.39, 0.29) is 18.1 Å². The molecule has 0 radical (unpaired) electrons. The summed E-state index contributed by atoms with van der Waals surface area (Å²) < 4.78 is 0.680. The maximum Gasteiger partial charge on any atom is 0.322 e. The van der Waals surface area contributed by atoms with Gasteiger partial charge < -0.3 is 26.0 Å². The number of carboxylic acids is 1. The third-order valence-electron chi connectivity index (χ3n) is 4.43. The zero-order valence-electron chi connectivity index (χ0n) is 16.9. The molecule has 2 aromatic rings. The van der Waals surface area contributed by atoms with E-state index in [4.69, 9.17) is 28.3 Å². The highest BCUT2D eigenvalue weighted by atomic mass is 35.5. The van der Waals surface area contributed by atoms with E-state index >= 15 is 0 Å². The van der Waals surface area contributed by atoms with Gasteiger partial charge in [0.2, 0.25) is 5.88 Å². The first-order chi connectivity index (χ1) is 15.1. The van der Waals surface area contributed by atoms with Gasteiger partial charge in [0.05, 0.1) is 6.54 Å². The number of amides is 2. The van der Waals surface area contributed by atoms with Gasteiger partial charge in [0.1, 0.15) is 17.7 Å². The van der Waals surface area contributed by atoms with Gasteiger partial charge in [0.15, 0.2) is 5.75 Å². The van der Waals surface area contributed by atoms with E-state index in [0.717, 1.165) is 6.42 Å².